The van der Waals surface area contributed by atoms with Crippen LogP contribution < -0.4 is 31.2 Å². The van der Waals surface area contributed by atoms with Crippen molar-refractivity contribution in [1.29, 1.82) is 0 Å². The molecule has 3 aromatic rings. The number of hydrogen-bond acceptors (Lipinski definition) is 8. The molecule has 1 unspecified atom stereocenters. The van der Waals surface area contributed by atoms with Crippen LogP contribution in [-0.2, 0) is 18.8 Å². The lowest BCUT2D eigenvalue weighted by molar-refractivity contribution is 0.377. The van der Waals surface area contributed by atoms with Crippen molar-refractivity contribution in [1.82, 2.24) is 20.4 Å². The number of nitrogens with one attached hydrogen (secondary N) is 3. The molecule has 1 atom stereocenters. The number of aliphatic imine (C=N–C) groups is 1. The van der Waals surface area contributed by atoms with E-state index in [1.807, 2.05) is 35.4 Å². The van der Waals surface area contributed by atoms with Crippen LogP contribution in [0, 0.1) is 0 Å². The van der Waals surface area contributed by atoms with Gasteiger partial charge in [-0.1, -0.05) is 6.07 Å². The molecule has 3 heterocycles. The molecule has 2 aliphatic heterocycles. The van der Waals surface area contributed by atoms with Gasteiger partial charge in [-0.05, 0) is 62.2 Å². The summed E-state index contributed by atoms with van der Waals surface area (Å²) in [5.74, 6) is 0.675. The fourth-order valence-electron chi connectivity index (χ4n) is 4.46. The molecule has 2 aromatic carbocycles. The van der Waals surface area contributed by atoms with Crippen LogP contribution in [0.4, 0.5) is 5.69 Å². The number of methoxy groups -OCH3 is 2. The van der Waals surface area contributed by atoms with Gasteiger partial charge in [0.2, 0.25) is 5.79 Å². The topological polar surface area (TPSA) is 111 Å². The summed E-state index contributed by atoms with van der Waals surface area (Å²) in [5, 5.41) is 14.8. The lowest BCUT2D eigenvalue weighted by Crippen LogP contribution is -2.50. The summed E-state index contributed by atoms with van der Waals surface area (Å²) in [4.78, 5) is 4.99. The second kappa shape index (κ2) is 9.67. The molecule has 188 valence electrons. The van der Waals surface area contributed by atoms with E-state index >= 15 is 0 Å². The van der Waals surface area contributed by atoms with Gasteiger partial charge >= 0.3 is 0 Å². The van der Waals surface area contributed by atoms with Crippen LogP contribution in [0.5, 0.6) is 11.5 Å². The zero-order valence-corrected chi connectivity index (χ0v) is 21.1. The van der Waals surface area contributed by atoms with Crippen LogP contribution in [0.2, 0.25) is 0 Å². The molecule has 0 bridgehead atoms. The lowest BCUT2D eigenvalue weighted by atomic mass is 10.00. The van der Waals surface area contributed by atoms with Gasteiger partial charge in [0.15, 0.2) is 0 Å². The van der Waals surface area contributed by atoms with Crippen molar-refractivity contribution in [2.45, 2.75) is 38.6 Å². The number of nitrogens with zero attached hydrogens (tertiary/aromatic N) is 3. The molecule has 9 heteroatoms. The number of nitrogens with two attached hydrogens (primary N) is 1. The Morgan fingerprint density at radius 3 is 2.56 bits per heavy atom. The minimum Gasteiger partial charge on any atom is -0.497 e. The number of hydrogen-bond donors (Lipinski definition) is 4. The van der Waals surface area contributed by atoms with Crippen LogP contribution in [0.1, 0.15) is 42.1 Å². The molecule has 36 heavy (non-hydrogen) atoms. The molecule has 0 fully saturated rings. The van der Waals surface area contributed by atoms with Gasteiger partial charge < -0.3 is 25.4 Å². The quantitative estimate of drug-likeness (QED) is 0.422. The lowest BCUT2D eigenvalue weighted by Gasteiger charge is -2.32. The Morgan fingerprint density at radius 1 is 1.08 bits per heavy atom. The molecular weight excluding hydrogens is 454 g/mol. The Kier molecular flexibility index (Phi) is 6.42. The summed E-state index contributed by atoms with van der Waals surface area (Å²) in [7, 11) is 3.23. The van der Waals surface area contributed by atoms with Crippen molar-refractivity contribution in [2.24, 2.45) is 10.7 Å². The van der Waals surface area contributed by atoms with Gasteiger partial charge in [0.05, 0.1) is 20.4 Å². The zero-order chi connectivity index (χ0) is 25.3. The summed E-state index contributed by atoms with van der Waals surface area (Å²) >= 11 is 0. The van der Waals surface area contributed by atoms with Gasteiger partial charge in [0.1, 0.15) is 17.3 Å². The van der Waals surface area contributed by atoms with Crippen molar-refractivity contribution < 1.29 is 9.47 Å². The summed E-state index contributed by atoms with van der Waals surface area (Å²) in [6.45, 7) is 6.05. The van der Waals surface area contributed by atoms with Gasteiger partial charge in [-0.25, -0.2) is 4.99 Å². The van der Waals surface area contributed by atoms with Crippen molar-refractivity contribution in [3.63, 3.8) is 0 Å². The number of benzene rings is 2. The van der Waals surface area contributed by atoms with Gasteiger partial charge in [0.25, 0.3) is 0 Å². The Labute approximate surface area is 211 Å². The zero-order valence-electron chi connectivity index (χ0n) is 21.1. The number of fused-ring (bicyclic) bond motifs is 1. The summed E-state index contributed by atoms with van der Waals surface area (Å²) < 4.78 is 12.9. The van der Waals surface area contributed by atoms with Crippen LogP contribution >= 0.6 is 0 Å². The molecule has 2 aliphatic rings. The SMILES string of the molecule is COc1cc(OC)cc(C2(N)N=C(Nc3ccc4c(c3)CNCC4)C(c3cnn(C(C)C)c3)=CN2)c1. The Morgan fingerprint density at radius 2 is 1.86 bits per heavy atom. The van der Waals surface area contributed by atoms with Gasteiger partial charge in [-0.2, -0.15) is 5.10 Å². The molecule has 5 N–H and O–H groups in total. The van der Waals surface area contributed by atoms with Crippen molar-refractivity contribution in [2.75, 3.05) is 26.1 Å². The van der Waals surface area contributed by atoms with E-state index in [9.17, 15) is 0 Å². The van der Waals surface area contributed by atoms with Crippen LogP contribution in [0.15, 0.2) is 60.0 Å². The third-order valence-corrected chi connectivity index (χ3v) is 6.57. The third kappa shape index (κ3) is 4.67. The Hall–Kier alpha value is -3.82. The molecule has 5 rings (SSSR count). The molecule has 1 aromatic heterocycles. The fraction of sp³-hybridized carbons (Fsp3) is 0.333. The number of aromatic nitrogens is 2. The maximum absolute atomic E-state index is 6.85. The van der Waals surface area contributed by atoms with E-state index in [0.717, 1.165) is 36.3 Å². The van der Waals surface area contributed by atoms with E-state index in [4.69, 9.17) is 20.2 Å². The highest BCUT2D eigenvalue weighted by Crippen LogP contribution is 2.32. The molecular formula is C27H33N7O2. The van der Waals surface area contributed by atoms with Crippen molar-refractivity contribution in [3.8, 4) is 11.5 Å². The standard InChI is InChI=1S/C27H33N7O2/c1-17(2)34-16-20(14-31-34)25-15-30-27(28,21-10-23(35-3)12-24(11-21)36-4)33-26(25)32-22-6-5-18-7-8-29-13-19(18)9-22/h5-6,9-12,14-17,29-30H,7-8,13,28H2,1-4H3,(H,32,33). The highest BCUT2D eigenvalue weighted by Gasteiger charge is 2.32. The monoisotopic (exact) mass is 487 g/mol. The minimum absolute atomic E-state index is 0.246. The van der Waals surface area contributed by atoms with Gasteiger partial charge in [-0.3, -0.25) is 10.4 Å². The summed E-state index contributed by atoms with van der Waals surface area (Å²) in [5.41, 5.74) is 13.0. The minimum atomic E-state index is -1.24. The Bertz CT molecular complexity index is 1310. The first-order chi connectivity index (χ1) is 17.4. The van der Waals surface area contributed by atoms with E-state index in [-0.39, 0.29) is 6.04 Å². The van der Waals surface area contributed by atoms with Crippen LogP contribution in [0.25, 0.3) is 5.57 Å². The maximum atomic E-state index is 6.85. The van der Waals surface area contributed by atoms with Crippen LogP contribution in [0.3, 0.4) is 0 Å². The van der Waals surface area contributed by atoms with E-state index in [0.29, 0.717) is 22.9 Å². The Balaban J connectivity index is 1.56. The summed E-state index contributed by atoms with van der Waals surface area (Å²) in [6.07, 6.45) is 6.79. The second-order valence-corrected chi connectivity index (χ2v) is 9.37. The molecule has 0 saturated carbocycles. The summed E-state index contributed by atoms with van der Waals surface area (Å²) in [6, 6.07) is 12.2. The molecule has 0 radical (unpaired) electrons. The average Bonchev–Trinajstić information content (AvgIpc) is 3.39. The first kappa shape index (κ1) is 23.9. The van der Waals surface area contributed by atoms with Crippen molar-refractivity contribution in [3.05, 3.63) is 77.2 Å². The van der Waals surface area contributed by atoms with Gasteiger partial charge in [0, 0.05) is 53.4 Å². The number of rotatable bonds is 6. The maximum Gasteiger partial charge on any atom is 0.211 e. The second-order valence-electron chi connectivity index (χ2n) is 9.37. The highest BCUT2D eigenvalue weighted by molar-refractivity contribution is 6.28. The number of anilines is 1. The van der Waals surface area contributed by atoms with E-state index in [1.165, 1.54) is 11.1 Å². The normalized spacial score (nSPS) is 19.2. The van der Waals surface area contributed by atoms with E-state index in [2.05, 4.69) is 53.1 Å². The molecule has 0 spiro atoms. The molecule has 0 aliphatic carbocycles. The number of ether oxygens (including phenoxy) is 2. The number of amidine groups is 1. The van der Waals surface area contributed by atoms with Crippen LogP contribution in [-0.4, -0.2) is 36.4 Å². The molecule has 0 amide bonds. The van der Waals surface area contributed by atoms with Gasteiger partial charge in [-0.15, -0.1) is 0 Å². The third-order valence-electron chi connectivity index (χ3n) is 6.57. The van der Waals surface area contributed by atoms with Crippen molar-refractivity contribution >= 4 is 17.1 Å². The predicted octanol–water partition coefficient (Wildman–Crippen LogP) is 3.35. The molecule has 9 nitrogen and oxygen atoms in total. The first-order valence-corrected chi connectivity index (χ1v) is 12.1. The van der Waals surface area contributed by atoms with E-state index in [1.54, 1.807) is 20.3 Å². The first-order valence-electron chi connectivity index (χ1n) is 12.1. The average molecular weight is 488 g/mol. The fourth-order valence-corrected chi connectivity index (χ4v) is 4.46. The predicted molar refractivity (Wildman–Crippen MR) is 142 cm³/mol. The smallest absolute Gasteiger partial charge is 0.211 e. The highest BCUT2D eigenvalue weighted by atomic mass is 16.5. The molecule has 0 saturated heterocycles. The largest absolute Gasteiger partial charge is 0.497 e. The van der Waals surface area contributed by atoms with E-state index < -0.39 is 5.79 Å².